The number of hydrogen-bond donors (Lipinski definition) is 1. The van der Waals surface area contributed by atoms with Crippen LogP contribution in [0.3, 0.4) is 0 Å². The largest absolute Gasteiger partial charge is 0.336 e. The first-order chi connectivity index (χ1) is 7.74. The molecule has 0 aliphatic heterocycles. The van der Waals surface area contributed by atoms with E-state index in [1.54, 1.807) is 17.5 Å². The van der Waals surface area contributed by atoms with Crippen LogP contribution in [0.4, 0.5) is 0 Å². The third kappa shape index (κ3) is 1.65. The first-order valence-corrected chi connectivity index (χ1v) is 6.54. The number of rotatable bonds is 1. The number of aromatic nitrogens is 3. The van der Waals surface area contributed by atoms with E-state index in [0.717, 1.165) is 20.7 Å². The summed E-state index contributed by atoms with van der Waals surface area (Å²) < 4.78 is 0.924. The smallest absolute Gasteiger partial charge is 0.178 e. The van der Waals surface area contributed by atoms with Gasteiger partial charge in [0.05, 0.1) is 15.4 Å². The van der Waals surface area contributed by atoms with Crippen LogP contribution in [-0.4, -0.2) is 15.0 Å². The second kappa shape index (κ2) is 3.84. The molecule has 0 radical (unpaired) electrons. The Morgan fingerprint density at radius 2 is 2.31 bits per heavy atom. The van der Waals surface area contributed by atoms with Gasteiger partial charge in [-0.05, 0) is 33.4 Å². The van der Waals surface area contributed by atoms with E-state index in [2.05, 4.69) is 30.9 Å². The Bertz CT molecular complexity index is 661. The summed E-state index contributed by atoms with van der Waals surface area (Å²) in [5.41, 5.74) is 1.59. The number of H-pyrrole nitrogens is 1. The fraction of sp³-hybridized carbons (Fsp3) is 0. The Labute approximate surface area is 109 Å². The zero-order chi connectivity index (χ0) is 11.1. The highest BCUT2D eigenvalue weighted by molar-refractivity contribution is 9.10. The number of hydrogen-bond acceptors (Lipinski definition) is 3. The molecule has 0 aliphatic carbocycles. The Kier molecular flexibility index (Phi) is 2.46. The molecule has 0 saturated carbocycles. The number of thiophene rings is 1. The predicted octanol–water partition coefficient (Wildman–Crippen LogP) is 4.10. The zero-order valence-corrected chi connectivity index (χ0v) is 11.0. The van der Waals surface area contributed by atoms with Gasteiger partial charge in [-0.15, -0.1) is 11.3 Å². The Balaban J connectivity index is 2.23. The summed E-state index contributed by atoms with van der Waals surface area (Å²) in [4.78, 5) is 12.8. The molecule has 0 saturated heterocycles. The number of halogens is 2. The van der Waals surface area contributed by atoms with Crippen LogP contribution in [0.1, 0.15) is 0 Å². The van der Waals surface area contributed by atoms with Gasteiger partial charge in [0.25, 0.3) is 0 Å². The van der Waals surface area contributed by atoms with Crippen molar-refractivity contribution in [1.82, 2.24) is 15.0 Å². The van der Waals surface area contributed by atoms with E-state index in [4.69, 9.17) is 11.6 Å². The topological polar surface area (TPSA) is 41.6 Å². The molecule has 0 bridgehead atoms. The third-order valence-corrected chi connectivity index (χ3v) is 3.92. The maximum Gasteiger partial charge on any atom is 0.178 e. The van der Waals surface area contributed by atoms with Crippen molar-refractivity contribution in [1.29, 1.82) is 0 Å². The molecule has 3 nitrogen and oxygen atoms in total. The van der Waals surface area contributed by atoms with Crippen LogP contribution in [-0.2, 0) is 0 Å². The molecule has 3 aromatic rings. The molecule has 3 aromatic heterocycles. The van der Waals surface area contributed by atoms with Crippen molar-refractivity contribution in [2.24, 2.45) is 0 Å². The number of nitrogens with zero attached hydrogens (tertiary/aromatic N) is 2. The van der Waals surface area contributed by atoms with E-state index in [-0.39, 0.29) is 0 Å². The lowest BCUT2D eigenvalue weighted by Gasteiger charge is -1.90. The fourth-order valence-corrected chi connectivity index (χ4v) is 2.87. The fourth-order valence-electron chi connectivity index (χ4n) is 1.44. The van der Waals surface area contributed by atoms with E-state index < -0.39 is 0 Å². The summed E-state index contributed by atoms with van der Waals surface area (Å²) >= 11 is 11.0. The van der Waals surface area contributed by atoms with Gasteiger partial charge in [-0.2, -0.15) is 0 Å². The van der Waals surface area contributed by atoms with Crippen molar-refractivity contribution in [2.75, 3.05) is 0 Å². The molecular formula is C10H5BrClN3S. The van der Waals surface area contributed by atoms with Gasteiger partial charge < -0.3 is 4.98 Å². The third-order valence-electron chi connectivity index (χ3n) is 2.14. The van der Waals surface area contributed by atoms with Crippen LogP contribution in [0, 0.1) is 0 Å². The summed E-state index contributed by atoms with van der Waals surface area (Å²) in [5, 5.41) is 2.65. The summed E-state index contributed by atoms with van der Waals surface area (Å²) in [6, 6.07) is 3.80. The van der Waals surface area contributed by atoms with Gasteiger partial charge in [-0.1, -0.05) is 11.6 Å². The lowest BCUT2D eigenvalue weighted by atomic mass is 10.4. The van der Waals surface area contributed by atoms with Crippen LogP contribution >= 0.6 is 38.9 Å². The molecule has 80 valence electrons. The Hall–Kier alpha value is -0.910. The minimum absolute atomic E-state index is 0.697. The lowest BCUT2D eigenvalue weighted by Crippen LogP contribution is -1.75. The van der Waals surface area contributed by atoms with E-state index in [0.29, 0.717) is 10.7 Å². The molecule has 6 heteroatoms. The predicted molar refractivity (Wildman–Crippen MR) is 69.9 cm³/mol. The minimum atomic E-state index is 0.697. The molecule has 3 heterocycles. The molecule has 0 amide bonds. The average molecular weight is 315 g/mol. The van der Waals surface area contributed by atoms with E-state index in [1.165, 1.54) is 0 Å². The average Bonchev–Trinajstić information content (AvgIpc) is 2.82. The van der Waals surface area contributed by atoms with Crippen molar-refractivity contribution in [3.8, 4) is 10.7 Å². The van der Waals surface area contributed by atoms with Gasteiger partial charge in [0.15, 0.2) is 11.5 Å². The van der Waals surface area contributed by atoms with E-state index >= 15 is 0 Å². The number of nitrogens with one attached hydrogen (secondary N) is 1. The molecule has 0 fully saturated rings. The quantitative estimate of drug-likeness (QED) is 0.734. The van der Waals surface area contributed by atoms with Crippen LogP contribution < -0.4 is 0 Å². The molecule has 3 rings (SSSR count). The SMILES string of the molecule is Clc1ccsc1-c1nc2ncc(Br)cc2[nH]1. The van der Waals surface area contributed by atoms with Gasteiger partial charge >= 0.3 is 0 Å². The number of imidazole rings is 1. The minimum Gasteiger partial charge on any atom is -0.336 e. The second-order valence-corrected chi connectivity index (χ2v) is 5.45. The van der Waals surface area contributed by atoms with Crippen LogP contribution in [0.15, 0.2) is 28.2 Å². The summed E-state index contributed by atoms with van der Waals surface area (Å²) in [7, 11) is 0. The van der Waals surface area contributed by atoms with Crippen LogP contribution in [0.2, 0.25) is 5.02 Å². The summed E-state index contributed by atoms with van der Waals surface area (Å²) in [6.45, 7) is 0. The number of pyridine rings is 1. The second-order valence-electron chi connectivity index (χ2n) is 3.21. The summed E-state index contributed by atoms with van der Waals surface area (Å²) in [5.74, 6) is 0.764. The first kappa shape index (κ1) is 10.3. The van der Waals surface area contributed by atoms with Crippen molar-refractivity contribution in [2.45, 2.75) is 0 Å². The Morgan fingerprint density at radius 1 is 1.44 bits per heavy atom. The highest BCUT2D eigenvalue weighted by Gasteiger charge is 2.10. The normalized spacial score (nSPS) is 11.1. The highest BCUT2D eigenvalue weighted by atomic mass is 79.9. The number of aromatic amines is 1. The molecule has 16 heavy (non-hydrogen) atoms. The number of fused-ring (bicyclic) bond motifs is 1. The van der Waals surface area contributed by atoms with E-state index in [1.807, 2.05) is 17.5 Å². The molecule has 0 aliphatic rings. The molecule has 0 spiro atoms. The van der Waals surface area contributed by atoms with Crippen molar-refractivity contribution >= 4 is 50.0 Å². The van der Waals surface area contributed by atoms with Crippen molar-refractivity contribution < 1.29 is 0 Å². The molecular weight excluding hydrogens is 310 g/mol. The Morgan fingerprint density at radius 3 is 3.06 bits per heavy atom. The van der Waals surface area contributed by atoms with Crippen molar-refractivity contribution in [3.63, 3.8) is 0 Å². The van der Waals surface area contributed by atoms with Gasteiger partial charge in [0.1, 0.15) is 0 Å². The van der Waals surface area contributed by atoms with Crippen LogP contribution in [0.5, 0.6) is 0 Å². The lowest BCUT2D eigenvalue weighted by molar-refractivity contribution is 1.31. The molecule has 1 N–H and O–H groups in total. The maximum absolute atomic E-state index is 6.05. The molecule has 0 atom stereocenters. The van der Waals surface area contributed by atoms with Gasteiger partial charge in [-0.25, -0.2) is 9.97 Å². The van der Waals surface area contributed by atoms with Gasteiger partial charge in [0.2, 0.25) is 0 Å². The van der Waals surface area contributed by atoms with Crippen LogP contribution in [0.25, 0.3) is 21.9 Å². The molecule has 0 aromatic carbocycles. The zero-order valence-electron chi connectivity index (χ0n) is 7.87. The van der Waals surface area contributed by atoms with Crippen molar-refractivity contribution in [3.05, 3.63) is 33.2 Å². The van der Waals surface area contributed by atoms with Gasteiger partial charge in [0, 0.05) is 10.7 Å². The standard InChI is InChI=1S/C10H5BrClN3S/c11-5-3-7-9(13-4-5)15-10(14-7)8-6(12)1-2-16-8/h1-4H,(H,13,14,15). The first-order valence-electron chi connectivity index (χ1n) is 4.48. The monoisotopic (exact) mass is 313 g/mol. The van der Waals surface area contributed by atoms with Gasteiger partial charge in [-0.3, -0.25) is 0 Å². The molecule has 0 unspecified atom stereocenters. The van der Waals surface area contributed by atoms with E-state index in [9.17, 15) is 0 Å². The highest BCUT2D eigenvalue weighted by Crippen LogP contribution is 2.32. The maximum atomic E-state index is 6.05. The summed E-state index contributed by atoms with van der Waals surface area (Å²) in [6.07, 6.45) is 1.73.